The smallest absolute Gasteiger partial charge is 0.246 e. The van der Waals surface area contributed by atoms with Crippen LogP contribution in [0.15, 0.2) is 36.8 Å². The molecule has 7 heteroatoms. The van der Waals surface area contributed by atoms with E-state index in [0.29, 0.717) is 12.4 Å². The molecular formula is C15H17N5O2. The van der Waals surface area contributed by atoms with Crippen molar-refractivity contribution >= 4 is 16.8 Å². The minimum absolute atomic E-state index is 0.00734. The molecule has 0 saturated heterocycles. The van der Waals surface area contributed by atoms with Crippen molar-refractivity contribution in [1.29, 1.82) is 0 Å². The van der Waals surface area contributed by atoms with Crippen molar-refractivity contribution < 1.29 is 9.53 Å². The van der Waals surface area contributed by atoms with Gasteiger partial charge in [-0.3, -0.25) is 9.89 Å². The van der Waals surface area contributed by atoms with Crippen LogP contribution in [0, 0.1) is 0 Å². The SMILES string of the molecule is O=C(COCc1ncn[nH]1)NCCc1cccc2cc[nH]c12. The number of carbonyl (C=O) groups is 1. The molecule has 0 unspecified atom stereocenters. The molecule has 3 rings (SSSR count). The molecule has 1 aromatic carbocycles. The van der Waals surface area contributed by atoms with Crippen molar-refractivity contribution in [3.05, 3.63) is 48.2 Å². The van der Waals surface area contributed by atoms with Gasteiger partial charge in [0.05, 0.1) is 0 Å². The number of nitrogens with one attached hydrogen (secondary N) is 3. The lowest BCUT2D eigenvalue weighted by Crippen LogP contribution is -2.29. The second-order valence-electron chi connectivity index (χ2n) is 4.88. The van der Waals surface area contributed by atoms with Gasteiger partial charge in [-0.1, -0.05) is 18.2 Å². The van der Waals surface area contributed by atoms with E-state index >= 15 is 0 Å². The number of carbonyl (C=O) groups excluding carboxylic acids is 1. The minimum atomic E-state index is -0.141. The number of hydrogen-bond donors (Lipinski definition) is 3. The summed E-state index contributed by atoms with van der Waals surface area (Å²) in [5.74, 6) is 0.462. The molecule has 0 aliphatic heterocycles. The van der Waals surface area contributed by atoms with E-state index in [1.54, 1.807) is 0 Å². The fourth-order valence-corrected chi connectivity index (χ4v) is 2.29. The molecule has 0 atom stereocenters. The highest BCUT2D eigenvalue weighted by Gasteiger charge is 2.05. The summed E-state index contributed by atoms with van der Waals surface area (Å²) in [5.41, 5.74) is 2.31. The topological polar surface area (TPSA) is 95.7 Å². The third-order valence-corrected chi connectivity index (χ3v) is 3.33. The summed E-state index contributed by atoms with van der Waals surface area (Å²) in [5, 5.41) is 10.4. The van der Waals surface area contributed by atoms with E-state index in [9.17, 15) is 4.79 Å². The molecule has 114 valence electrons. The predicted molar refractivity (Wildman–Crippen MR) is 81.1 cm³/mol. The van der Waals surface area contributed by atoms with Gasteiger partial charge in [0.1, 0.15) is 25.4 Å². The summed E-state index contributed by atoms with van der Waals surface area (Å²) in [6.07, 6.45) is 4.09. The molecule has 3 aromatic rings. The third-order valence-electron chi connectivity index (χ3n) is 3.33. The van der Waals surface area contributed by atoms with Gasteiger partial charge >= 0.3 is 0 Å². The summed E-state index contributed by atoms with van der Waals surface area (Å²) < 4.78 is 5.25. The van der Waals surface area contributed by atoms with E-state index in [-0.39, 0.29) is 19.1 Å². The zero-order valence-corrected chi connectivity index (χ0v) is 12.0. The van der Waals surface area contributed by atoms with Crippen LogP contribution in [-0.2, 0) is 22.6 Å². The number of aromatic nitrogens is 4. The second-order valence-corrected chi connectivity index (χ2v) is 4.88. The number of rotatable bonds is 7. The molecule has 7 nitrogen and oxygen atoms in total. The van der Waals surface area contributed by atoms with Gasteiger partial charge < -0.3 is 15.0 Å². The van der Waals surface area contributed by atoms with E-state index in [2.05, 4.69) is 37.6 Å². The van der Waals surface area contributed by atoms with E-state index in [4.69, 9.17) is 4.74 Å². The molecule has 2 aromatic heterocycles. The highest BCUT2D eigenvalue weighted by molar-refractivity contribution is 5.82. The number of fused-ring (bicyclic) bond motifs is 1. The van der Waals surface area contributed by atoms with Crippen molar-refractivity contribution in [3.8, 4) is 0 Å². The zero-order valence-electron chi connectivity index (χ0n) is 12.0. The van der Waals surface area contributed by atoms with E-state index in [1.807, 2.05) is 18.3 Å². The molecule has 0 aliphatic rings. The maximum Gasteiger partial charge on any atom is 0.246 e. The van der Waals surface area contributed by atoms with Crippen LogP contribution < -0.4 is 5.32 Å². The summed E-state index contributed by atoms with van der Waals surface area (Å²) in [6, 6.07) is 8.18. The average Bonchev–Trinajstić information content (AvgIpc) is 3.18. The number of H-pyrrole nitrogens is 2. The molecule has 0 radical (unpaired) electrons. The van der Waals surface area contributed by atoms with Crippen LogP contribution in [0.3, 0.4) is 0 Å². The van der Waals surface area contributed by atoms with Gasteiger partial charge in [-0.15, -0.1) is 0 Å². The van der Waals surface area contributed by atoms with Gasteiger partial charge in [0, 0.05) is 18.3 Å². The lowest BCUT2D eigenvalue weighted by atomic mass is 10.1. The van der Waals surface area contributed by atoms with Crippen LogP contribution in [0.4, 0.5) is 0 Å². The first-order valence-corrected chi connectivity index (χ1v) is 7.06. The van der Waals surface area contributed by atoms with E-state index in [0.717, 1.165) is 11.9 Å². The first-order chi connectivity index (χ1) is 10.8. The Kier molecular flexibility index (Phi) is 4.45. The van der Waals surface area contributed by atoms with Crippen LogP contribution in [-0.4, -0.2) is 39.2 Å². The summed E-state index contributed by atoms with van der Waals surface area (Å²) in [6.45, 7) is 0.825. The maximum atomic E-state index is 11.7. The third kappa shape index (κ3) is 3.50. The van der Waals surface area contributed by atoms with Crippen molar-refractivity contribution in [2.45, 2.75) is 13.0 Å². The second kappa shape index (κ2) is 6.86. The Labute approximate surface area is 127 Å². The molecule has 0 bridgehead atoms. The molecule has 2 heterocycles. The Morgan fingerprint density at radius 3 is 3.14 bits per heavy atom. The average molecular weight is 299 g/mol. The first kappa shape index (κ1) is 14.3. The quantitative estimate of drug-likeness (QED) is 0.610. The Morgan fingerprint density at radius 2 is 2.27 bits per heavy atom. The predicted octanol–water partition coefficient (Wildman–Crippen LogP) is 1.16. The molecule has 22 heavy (non-hydrogen) atoms. The summed E-state index contributed by atoms with van der Waals surface area (Å²) in [7, 11) is 0. The van der Waals surface area contributed by atoms with Gasteiger partial charge in [-0.05, 0) is 23.4 Å². The normalized spacial score (nSPS) is 10.9. The summed E-state index contributed by atoms with van der Waals surface area (Å²) in [4.78, 5) is 18.8. The number of nitrogens with zero attached hydrogens (tertiary/aromatic N) is 2. The lowest BCUT2D eigenvalue weighted by Gasteiger charge is -2.06. The number of para-hydroxylation sites is 1. The van der Waals surface area contributed by atoms with E-state index in [1.165, 1.54) is 17.3 Å². The Hall–Kier alpha value is -2.67. The molecule has 1 amide bonds. The number of ether oxygens (including phenoxy) is 1. The van der Waals surface area contributed by atoms with E-state index < -0.39 is 0 Å². The molecule has 3 N–H and O–H groups in total. The van der Waals surface area contributed by atoms with Gasteiger partial charge in [-0.2, -0.15) is 5.10 Å². The fourth-order valence-electron chi connectivity index (χ4n) is 2.29. The number of hydrogen-bond acceptors (Lipinski definition) is 4. The van der Waals surface area contributed by atoms with Crippen LogP contribution in [0.25, 0.3) is 10.9 Å². The monoisotopic (exact) mass is 299 g/mol. The zero-order chi connectivity index (χ0) is 15.2. The molecule has 0 saturated carbocycles. The van der Waals surface area contributed by atoms with Crippen LogP contribution in [0.5, 0.6) is 0 Å². The number of amides is 1. The molecular weight excluding hydrogens is 282 g/mol. The van der Waals surface area contributed by atoms with Crippen molar-refractivity contribution in [2.75, 3.05) is 13.2 Å². The van der Waals surface area contributed by atoms with Gasteiger partial charge in [0.2, 0.25) is 5.91 Å². The van der Waals surface area contributed by atoms with Gasteiger partial charge in [0.15, 0.2) is 0 Å². The largest absolute Gasteiger partial charge is 0.364 e. The highest BCUT2D eigenvalue weighted by Crippen LogP contribution is 2.16. The van der Waals surface area contributed by atoms with Crippen LogP contribution in [0.1, 0.15) is 11.4 Å². The van der Waals surface area contributed by atoms with Gasteiger partial charge in [-0.25, -0.2) is 4.98 Å². The summed E-state index contributed by atoms with van der Waals surface area (Å²) >= 11 is 0. The van der Waals surface area contributed by atoms with Crippen LogP contribution >= 0.6 is 0 Å². The lowest BCUT2D eigenvalue weighted by molar-refractivity contribution is -0.126. The molecule has 0 aliphatic carbocycles. The van der Waals surface area contributed by atoms with Crippen LogP contribution in [0.2, 0.25) is 0 Å². The standard InChI is InChI=1S/C15H17N5O2/c21-14(9-22-8-13-18-10-19-20-13)16-6-4-11-2-1-3-12-5-7-17-15(11)12/h1-3,5,7,10,17H,4,6,8-9H2,(H,16,21)(H,18,19,20). The fraction of sp³-hybridized carbons (Fsp3) is 0.267. The number of benzene rings is 1. The Bertz CT molecular complexity index is 735. The maximum absolute atomic E-state index is 11.7. The van der Waals surface area contributed by atoms with Crippen molar-refractivity contribution in [3.63, 3.8) is 0 Å². The van der Waals surface area contributed by atoms with Crippen molar-refractivity contribution in [2.24, 2.45) is 0 Å². The Balaban J connectivity index is 1.41. The van der Waals surface area contributed by atoms with Gasteiger partial charge in [0.25, 0.3) is 0 Å². The minimum Gasteiger partial charge on any atom is -0.364 e. The molecule has 0 spiro atoms. The first-order valence-electron chi connectivity index (χ1n) is 7.06. The van der Waals surface area contributed by atoms with Crippen molar-refractivity contribution in [1.82, 2.24) is 25.5 Å². The Morgan fingerprint density at radius 1 is 1.32 bits per heavy atom. The number of aromatic amines is 2. The molecule has 0 fully saturated rings. The highest BCUT2D eigenvalue weighted by atomic mass is 16.5.